The molecule has 5 nitrogen and oxygen atoms in total. The number of rotatable bonds is 7. The summed E-state index contributed by atoms with van der Waals surface area (Å²) < 4.78 is 5.27. The van der Waals surface area contributed by atoms with E-state index in [1.165, 1.54) is 0 Å². The van der Waals surface area contributed by atoms with Crippen LogP contribution >= 0.6 is 23.2 Å². The van der Waals surface area contributed by atoms with Crippen LogP contribution in [0, 0.1) is 0 Å². The molecule has 0 aliphatic rings. The summed E-state index contributed by atoms with van der Waals surface area (Å²) in [4.78, 5) is 14.1. The van der Waals surface area contributed by atoms with E-state index in [1.54, 1.807) is 19.1 Å². The highest BCUT2D eigenvalue weighted by atomic mass is 35.5. The van der Waals surface area contributed by atoms with Gasteiger partial charge in [-0.05, 0) is 33.0 Å². The SMILES string of the molecule is CCOCCN(C)C(C)C(=O)Nc1c(N)cc(Cl)cc1Cl. The van der Waals surface area contributed by atoms with Crippen molar-refractivity contribution in [3.63, 3.8) is 0 Å². The first-order valence-corrected chi connectivity index (χ1v) is 7.45. The number of benzene rings is 1. The van der Waals surface area contributed by atoms with Crippen molar-refractivity contribution in [2.75, 3.05) is 37.9 Å². The fourth-order valence-corrected chi connectivity index (χ4v) is 2.26. The molecule has 3 N–H and O–H groups in total. The van der Waals surface area contributed by atoms with E-state index in [-0.39, 0.29) is 11.9 Å². The molecule has 1 aromatic rings. The Labute approximate surface area is 135 Å². The Morgan fingerprint density at radius 1 is 1.48 bits per heavy atom. The van der Waals surface area contributed by atoms with Crippen molar-refractivity contribution in [1.82, 2.24) is 4.90 Å². The second-order valence-corrected chi connectivity index (χ2v) is 5.54. The van der Waals surface area contributed by atoms with E-state index < -0.39 is 0 Å². The van der Waals surface area contributed by atoms with Gasteiger partial charge in [-0.3, -0.25) is 9.69 Å². The van der Waals surface area contributed by atoms with Gasteiger partial charge in [0.1, 0.15) is 0 Å². The summed E-state index contributed by atoms with van der Waals surface area (Å²) in [7, 11) is 1.86. The van der Waals surface area contributed by atoms with Crippen molar-refractivity contribution in [2.24, 2.45) is 0 Å². The molecule has 1 aromatic carbocycles. The van der Waals surface area contributed by atoms with Gasteiger partial charge in [0.15, 0.2) is 0 Å². The Kier molecular flexibility index (Phi) is 7.25. The number of anilines is 2. The Bertz CT molecular complexity index is 474. The van der Waals surface area contributed by atoms with Crippen molar-refractivity contribution in [3.8, 4) is 0 Å². The first kappa shape index (κ1) is 18.0. The topological polar surface area (TPSA) is 67.6 Å². The van der Waals surface area contributed by atoms with Crippen molar-refractivity contribution in [3.05, 3.63) is 22.2 Å². The maximum atomic E-state index is 12.2. The third-order valence-corrected chi connectivity index (χ3v) is 3.68. The summed E-state index contributed by atoms with van der Waals surface area (Å²) in [6.07, 6.45) is 0. The van der Waals surface area contributed by atoms with Gasteiger partial charge >= 0.3 is 0 Å². The number of hydrogen-bond acceptors (Lipinski definition) is 4. The molecule has 0 aliphatic heterocycles. The van der Waals surface area contributed by atoms with Crippen LogP contribution in [0.4, 0.5) is 11.4 Å². The van der Waals surface area contributed by atoms with Crippen LogP contribution in [0.5, 0.6) is 0 Å². The minimum Gasteiger partial charge on any atom is -0.397 e. The molecule has 118 valence electrons. The number of hydrogen-bond donors (Lipinski definition) is 2. The summed E-state index contributed by atoms with van der Waals surface area (Å²) in [5.74, 6) is -0.190. The van der Waals surface area contributed by atoms with Gasteiger partial charge in [-0.15, -0.1) is 0 Å². The van der Waals surface area contributed by atoms with Crippen LogP contribution in [0.1, 0.15) is 13.8 Å². The highest BCUT2D eigenvalue weighted by molar-refractivity contribution is 6.37. The molecule has 0 fully saturated rings. The van der Waals surface area contributed by atoms with E-state index in [1.807, 2.05) is 18.9 Å². The molecule has 0 heterocycles. The van der Waals surface area contributed by atoms with Gasteiger partial charge in [-0.2, -0.15) is 0 Å². The van der Waals surface area contributed by atoms with Crippen LogP contribution in [-0.2, 0) is 9.53 Å². The van der Waals surface area contributed by atoms with Crippen LogP contribution in [0.15, 0.2) is 12.1 Å². The number of amides is 1. The second-order valence-electron chi connectivity index (χ2n) is 4.69. The predicted octanol–water partition coefficient (Wildman–Crippen LogP) is 2.87. The molecular weight excluding hydrogens is 313 g/mol. The Morgan fingerprint density at radius 2 is 2.14 bits per heavy atom. The lowest BCUT2D eigenvalue weighted by Gasteiger charge is -2.24. The number of likely N-dealkylation sites (N-methyl/N-ethyl adjacent to an activating group) is 1. The molecule has 1 rings (SSSR count). The van der Waals surface area contributed by atoms with E-state index in [9.17, 15) is 4.79 Å². The third-order valence-electron chi connectivity index (χ3n) is 3.17. The second kappa shape index (κ2) is 8.44. The monoisotopic (exact) mass is 333 g/mol. The lowest BCUT2D eigenvalue weighted by atomic mass is 10.2. The molecule has 21 heavy (non-hydrogen) atoms. The summed E-state index contributed by atoms with van der Waals surface area (Å²) in [5.41, 5.74) is 6.55. The zero-order valence-electron chi connectivity index (χ0n) is 12.5. The average Bonchev–Trinajstić information content (AvgIpc) is 2.41. The van der Waals surface area contributed by atoms with Gasteiger partial charge in [0.25, 0.3) is 0 Å². The molecule has 0 saturated heterocycles. The number of nitrogens with one attached hydrogen (secondary N) is 1. The maximum Gasteiger partial charge on any atom is 0.241 e. The summed E-state index contributed by atoms with van der Waals surface area (Å²) >= 11 is 11.9. The summed E-state index contributed by atoms with van der Waals surface area (Å²) in [6.45, 7) is 5.63. The fourth-order valence-electron chi connectivity index (χ4n) is 1.70. The zero-order valence-corrected chi connectivity index (χ0v) is 14.0. The Balaban J connectivity index is 2.68. The van der Waals surface area contributed by atoms with Crippen LogP contribution in [0.3, 0.4) is 0 Å². The molecule has 1 amide bonds. The maximum absolute atomic E-state index is 12.2. The third kappa shape index (κ3) is 5.36. The molecule has 0 bridgehead atoms. The van der Waals surface area contributed by atoms with Crippen LogP contribution < -0.4 is 11.1 Å². The Morgan fingerprint density at radius 3 is 2.71 bits per heavy atom. The molecule has 1 unspecified atom stereocenters. The first-order valence-electron chi connectivity index (χ1n) is 6.70. The highest BCUT2D eigenvalue weighted by Crippen LogP contribution is 2.32. The largest absolute Gasteiger partial charge is 0.397 e. The normalized spacial score (nSPS) is 12.5. The van der Waals surface area contributed by atoms with Crippen molar-refractivity contribution in [2.45, 2.75) is 19.9 Å². The van der Waals surface area contributed by atoms with Gasteiger partial charge in [-0.25, -0.2) is 0 Å². The van der Waals surface area contributed by atoms with Crippen molar-refractivity contribution >= 4 is 40.5 Å². The summed E-state index contributed by atoms with van der Waals surface area (Å²) in [6, 6.07) is 2.75. The van der Waals surface area contributed by atoms with Gasteiger partial charge < -0.3 is 15.8 Å². The molecule has 1 atom stereocenters. The van der Waals surface area contributed by atoms with Crippen LogP contribution in [-0.4, -0.2) is 43.7 Å². The van der Waals surface area contributed by atoms with Crippen LogP contribution in [0.2, 0.25) is 10.0 Å². The van der Waals surface area contributed by atoms with Crippen LogP contribution in [0.25, 0.3) is 0 Å². The average molecular weight is 334 g/mol. The van der Waals surface area contributed by atoms with Gasteiger partial charge in [0, 0.05) is 18.2 Å². The number of halogens is 2. The number of nitrogens with zero attached hydrogens (tertiary/aromatic N) is 1. The summed E-state index contributed by atoms with van der Waals surface area (Å²) in [5, 5.41) is 3.49. The standard InChI is InChI=1S/C14H21Cl2N3O2/c1-4-21-6-5-19(3)9(2)14(20)18-13-11(16)7-10(15)8-12(13)17/h7-9H,4-6,17H2,1-3H3,(H,18,20). The molecule has 0 spiro atoms. The zero-order chi connectivity index (χ0) is 16.0. The van der Waals surface area contributed by atoms with E-state index in [0.717, 1.165) is 0 Å². The first-order chi connectivity index (χ1) is 9.86. The van der Waals surface area contributed by atoms with E-state index in [4.69, 9.17) is 33.7 Å². The molecule has 0 aliphatic carbocycles. The minimum absolute atomic E-state index is 0.190. The lowest BCUT2D eigenvalue weighted by molar-refractivity contribution is -0.120. The van der Waals surface area contributed by atoms with E-state index in [2.05, 4.69) is 5.32 Å². The number of nitrogens with two attached hydrogens (primary N) is 1. The quantitative estimate of drug-likeness (QED) is 0.594. The fraction of sp³-hybridized carbons (Fsp3) is 0.500. The lowest BCUT2D eigenvalue weighted by Crippen LogP contribution is -2.41. The molecule has 7 heteroatoms. The number of carbonyl (C=O) groups is 1. The highest BCUT2D eigenvalue weighted by Gasteiger charge is 2.20. The van der Waals surface area contributed by atoms with E-state index in [0.29, 0.717) is 41.2 Å². The van der Waals surface area contributed by atoms with Gasteiger partial charge in [-0.1, -0.05) is 23.2 Å². The smallest absolute Gasteiger partial charge is 0.241 e. The van der Waals surface area contributed by atoms with Crippen molar-refractivity contribution in [1.29, 1.82) is 0 Å². The predicted molar refractivity (Wildman–Crippen MR) is 88.1 cm³/mol. The molecule has 0 aromatic heterocycles. The molecular formula is C14H21Cl2N3O2. The van der Waals surface area contributed by atoms with Crippen molar-refractivity contribution < 1.29 is 9.53 Å². The van der Waals surface area contributed by atoms with Gasteiger partial charge in [0.2, 0.25) is 5.91 Å². The Hall–Kier alpha value is -1.01. The molecule has 0 radical (unpaired) electrons. The number of ether oxygens (including phenoxy) is 1. The number of nitrogen functional groups attached to an aromatic ring is 1. The molecule has 0 saturated carbocycles. The van der Waals surface area contributed by atoms with E-state index >= 15 is 0 Å². The van der Waals surface area contributed by atoms with Gasteiger partial charge in [0.05, 0.1) is 29.0 Å². The minimum atomic E-state index is -0.336. The number of carbonyl (C=O) groups excluding carboxylic acids is 1.